The van der Waals surface area contributed by atoms with E-state index in [1.165, 1.54) is 11.3 Å². The van der Waals surface area contributed by atoms with E-state index < -0.39 is 5.60 Å². The molecule has 0 bridgehead atoms. The lowest BCUT2D eigenvalue weighted by atomic mass is 10.2. The van der Waals surface area contributed by atoms with Gasteiger partial charge in [-0.3, -0.25) is 4.90 Å². The second kappa shape index (κ2) is 6.76. The number of rotatable bonds is 3. The highest BCUT2D eigenvalue weighted by atomic mass is 32.1. The van der Waals surface area contributed by atoms with Gasteiger partial charge in [-0.25, -0.2) is 4.79 Å². The van der Waals surface area contributed by atoms with Crippen molar-refractivity contribution in [3.8, 4) is 0 Å². The number of para-hydroxylation sites is 1. The average Bonchev–Trinajstić information content (AvgIpc) is 3.15. The number of hydrogen-bond acceptors (Lipinski definition) is 6. The molecule has 0 aliphatic carbocycles. The Balaban J connectivity index is 1.70. The average molecular weight is 346 g/mol. The number of likely N-dealkylation sites (tertiary alicyclic amines) is 1. The van der Waals surface area contributed by atoms with Gasteiger partial charge in [-0.1, -0.05) is 29.5 Å². The first-order valence-electron chi connectivity index (χ1n) is 8.07. The molecule has 1 unspecified atom stereocenters. The lowest BCUT2D eigenvalue weighted by molar-refractivity contribution is 0.0224. The van der Waals surface area contributed by atoms with Gasteiger partial charge in [0, 0.05) is 12.2 Å². The maximum Gasteiger partial charge on any atom is 0.410 e. The molecule has 1 aliphatic rings. The molecule has 7 heteroatoms. The Kier molecular flexibility index (Phi) is 4.71. The minimum Gasteiger partial charge on any atom is -0.444 e. The van der Waals surface area contributed by atoms with E-state index in [0.717, 1.165) is 28.7 Å². The lowest BCUT2D eigenvalue weighted by Gasteiger charge is -2.27. The number of amides is 1. The summed E-state index contributed by atoms with van der Waals surface area (Å²) in [5, 5.41) is 13.3. The molecule has 128 valence electrons. The summed E-state index contributed by atoms with van der Waals surface area (Å²) in [5.74, 6) is 0. The van der Waals surface area contributed by atoms with Crippen LogP contribution in [0.15, 0.2) is 30.3 Å². The molecule has 1 aromatic heterocycles. The van der Waals surface area contributed by atoms with Gasteiger partial charge in [0.25, 0.3) is 0 Å². The summed E-state index contributed by atoms with van der Waals surface area (Å²) < 4.78 is 5.50. The van der Waals surface area contributed by atoms with Crippen LogP contribution in [0, 0.1) is 0 Å². The Labute approximate surface area is 145 Å². The van der Waals surface area contributed by atoms with Crippen molar-refractivity contribution in [1.29, 1.82) is 0 Å². The second-order valence-corrected chi connectivity index (χ2v) is 7.78. The van der Waals surface area contributed by atoms with Gasteiger partial charge < -0.3 is 10.1 Å². The van der Waals surface area contributed by atoms with Crippen LogP contribution in [0.1, 0.15) is 44.7 Å². The largest absolute Gasteiger partial charge is 0.444 e. The number of aromatic nitrogens is 2. The smallest absolute Gasteiger partial charge is 0.410 e. The van der Waals surface area contributed by atoms with Crippen LogP contribution in [0.2, 0.25) is 0 Å². The first-order chi connectivity index (χ1) is 11.4. The Morgan fingerprint density at radius 2 is 2.04 bits per heavy atom. The van der Waals surface area contributed by atoms with E-state index in [-0.39, 0.29) is 12.1 Å². The number of nitrogens with zero attached hydrogens (tertiary/aromatic N) is 3. The fraction of sp³-hybridized carbons (Fsp3) is 0.471. The van der Waals surface area contributed by atoms with Crippen molar-refractivity contribution in [3.63, 3.8) is 0 Å². The van der Waals surface area contributed by atoms with E-state index in [1.807, 2.05) is 51.1 Å². The van der Waals surface area contributed by atoms with Crippen LogP contribution in [0.3, 0.4) is 0 Å². The van der Waals surface area contributed by atoms with Crippen molar-refractivity contribution in [1.82, 2.24) is 15.1 Å². The van der Waals surface area contributed by atoms with Gasteiger partial charge in [-0.05, 0) is 45.7 Å². The SMILES string of the molecule is CC(C)(C)OC(=O)N1CCCC1c1nnc(Nc2ccccc2)s1. The summed E-state index contributed by atoms with van der Waals surface area (Å²) in [5.41, 5.74) is 0.474. The molecule has 1 fully saturated rings. The van der Waals surface area contributed by atoms with E-state index in [9.17, 15) is 4.79 Å². The number of carbonyl (C=O) groups excluding carboxylic acids is 1. The summed E-state index contributed by atoms with van der Waals surface area (Å²) in [6.45, 7) is 6.33. The van der Waals surface area contributed by atoms with Crippen molar-refractivity contribution < 1.29 is 9.53 Å². The highest BCUT2D eigenvalue weighted by Crippen LogP contribution is 2.36. The molecule has 3 rings (SSSR count). The van der Waals surface area contributed by atoms with Gasteiger partial charge in [0.15, 0.2) is 0 Å². The molecular formula is C17H22N4O2S. The third kappa shape index (κ3) is 4.03. The highest BCUT2D eigenvalue weighted by molar-refractivity contribution is 7.15. The van der Waals surface area contributed by atoms with E-state index in [1.54, 1.807) is 4.90 Å². The van der Waals surface area contributed by atoms with Crippen LogP contribution in [-0.2, 0) is 4.74 Å². The van der Waals surface area contributed by atoms with E-state index in [0.29, 0.717) is 6.54 Å². The molecule has 1 amide bonds. The van der Waals surface area contributed by atoms with Gasteiger partial charge in [0.2, 0.25) is 5.13 Å². The second-order valence-electron chi connectivity index (χ2n) is 6.77. The normalized spacial score (nSPS) is 17.8. The Morgan fingerprint density at radius 3 is 2.75 bits per heavy atom. The van der Waals surface area contributed by atoms with Crippen molar-refractivity contribution >= 4 is 28.2 Å². The van der Waals surface area contributed by atoms with E-state index in [2.05, 4.69) is 15.5 Å². The first kappa shape index (κ1) is 16.7. The molecule has 2 aromatic rings. The summed E-state index contributed by atoms with van der Waals surface area (Å²) in [4.78, 5) is 14.1. The summed E-state index contributed by atoms with van der Waals surface area (Å²) >= 11 is 1.48. The van der Waals surface area contributed by atoms with Crippen LogP contribution < -0.4 is 5.32 Å². The topological polar surface area (TPSA) is 67.3 Å². The van der Waals surface area contributed by atoms with Gasteiger partial charge in [-0.2, -0.15) is 0 Å². The van der Waals surface area contributed by atoms with Crippen LogP contribution in [0.5, 0.6) is 0 Å². The number of ether oxygens (including phenoxy) is 1. The van der Waals surface area contributed by atoms with Crippen molar-refractivity contribution in [2.24, 2.45) is 0 Å². The predicted molar refractivity (Wildman–Crippen MR) is 94.5 cm³/mol. The first-order valence-corrected chi connectivity index (χ1v) is 8.89. The van der Waals surface area contributed by atoms with E-state index in [4.69, 9.17) is 4.74 Å². The Morgan fingerprint density at radius 1 is 1.29 bits per heavy atom. The zero-order chi connectivity index (χ0) is 17.2. The quantitative estimate of drug-likeness (QED) is 0.895. The number of anilines is 2. The summed E-state index contributed by atoms with van der Waals surface area (Å²) in [6.07, 6.45) is 1.56. The maximum atomic E-state index is 12.4. The molecule has 1 N–H and O–H groups in total. The Hall–Kier alpha value is -2.15. The van der Waals surface area contributed by atoms with Gasteiger partial charge in [0.1, 0.15) is 10.6 Å². The van der Waals surface area contributed by atoms with Crippen LogP contribution in [0.25, 0.3) is 0 Å². The lowest BCUT2D eigenvalue weighted by Crippen LogP contribution is -2.36. The molecule has 1 aromatic carbocycles. The molecule has 0 radical (unpaired) electrons. The highest BCUT2D eigenvalue weighted by Gasteiger charge is 2.35. The fourth-order valence-corrected chi connectivity index (χ4v) is 3.54. The molecule has 2 heterocycles. The molecule has 1 atom stereocenters. The third-order valence-electron chi connectivity index (χ3n) is 3.63. The van der Waals surface area contributed by atoms with Crippen LogP contribution >= 0.6 is 11.3 Å². The molecule has 0 saturated carbocycles. The minimum absolute atomic E-state index is 0.0522. The fourth-order valence-electron chi connectivity index (χ4n) is 2.63. The van der Waals surface area contributed by atoms with Gasteiger partial charge >= 0.3 is 6.09 Å². The summed E-state index contributed by atoms with van der Waals surface area (Å²) in [7, 11) is 0. The van der Waals surface area contributed by atoms with Gasteiger partial charge in [0.05, 0.1) is 6.04 Å². The third-order valence-corrected chi connectivity index (χ3v) is 4.57. The van der Waals surface area contributed by atoms with Crippen molar-refractivity contribution in [2.75, 3.05) is 11.9 Å². The van der Waals surface area contributed by atoms with Gasteiger partial charge in [-0.15, -0.1) is 10.2 Å². The standard InChI is InChI=1S/C17H22N4O2S/c1-17(2,3)23-16(22)21-11-7-10-13(21)14-19-20-15(24-14)18-12-8-5-4-6-9-12/h4-6,8-9,13H,7,10-11H2,1-3H3,(H,18,20). The number of carbonyl (C=O) groups is 1. The maximum absolute atomic E-state index is 12.4. The number of hydrogen-bond donors (Lipinski definition) is 1. The molecule has 0 spiro atoms. The molecule has 24 heavy (non-hydrogen) atoms. The van der Waals surface area contributed by atoms with Crippen LogP contribution in [0.4, 0.5) is 15.6 Å². The predicted octanol–water partition coefficient (Wildman–Crippen LogP) is 4.35. The zero-order valence-electron chi connectivity index (χ0n) is 14.2. The molecule has 6 nitrogen and oxygen atoms in total. The Bertz CT molecular complexity index is 696. The molecular weight excluding hydrogens is 324 g/mol. The zero-order valence-corrected chi connectivity index (χ0v) is 15.0. The molecule has 1 aliphatic heterocycles. The summed E-state index contributed by atoms with van der Waals surface area (Å²) in [6, 6.07) is 9.79. The monoisotopic (exact) mass is 346 g/mol. The van der Waals surface area contributed by atoms with E-state index >= 15 is 0 Å². The van der Waals surface area contributed by atoms with Crippen molar-refractivity contribution in [3.05, 3.63) is 35.3 Å². The minimum atomic E-state index is -0.495. The number of nitrogens with one attached hydrogen (secondary N) is 1. The number of benzene rings is 1. The molecule has 1 saturated heterocycles. The van der Waals surface area contributed by atoms with Crippen molar-refractivity contribution in [2.45, 2.75) is 45.3 Å². The van der Waals surface area contributed by atoms with Crippen LogP contribution in [-0.4, -0.2) is 33.3 Å².